The molecule has 1 unspecified atom stereocenters. The average molecular weight is 412 g/mol. The van der Waals surface area contributed by atoms with Crippen LogP contribution in [0.15, 0.2) is 46.9 Å². The summed E-state index contributed by atoms with van der Waals surface area (Å²) in [6, 6.07) is 12.6. The Labute approximate surface area is 174 Å². The summed E-state index contributed by atoms with van der Waals surface area (Å²) in [5, 5.41) is 11.6. The number of hydrogen-bond acceptors (Lipinski definition) is 5. The van der Waals surface area contributed by atoms with Gasteiger partial charge in [-0.15, -0.1) is 21.5 Å². The first-order valence-electron chi connectivity index (χ1n) is 9.65. The molecule has 0 spiro atoms. The van der Waals surface area contributed by atoms with Crippen molar-refractivity contribution < 1.29 is 4.79 Å². The molecular formula is C22H25N3OS2. The van der Waals surface area contributed by atoms with Gasteiger partial charge in [-0.25, -0.2) is 0 Å². The van der Waals surface area contributed by atoms with Crippen molar-refractivity contribution in [3.05, 3.63) is 52.9 Å². The fraction of sp³-hybridized carbons (Fsp3) is 0.409. The van der Waals surface area contributed by atoms with E-state index in [1.807, 2.05) is 25.1 Å². The van der Waals surface area contributed by atoms with Crippen LogP contribution in [0.5, 0.6) is 0 Å². The lowest BCUT2D eigenvalue weighted by Gasteiger charge is -2.19. The predicted octanol–water partition coefficient (Wildman–Crippen LogP) is 6.00. The lowest BCUT2D eigenvalue weighted by molar-refractivity contribution is 0.0993. The molecule has 1 aliphatic rings. The van der Waals surface area contributed by atoms with E-state index in [-0.39, 0.29) is 16.4 Å². The molecule has 0 N–H and O–H groups in total. The van der Waals surface area contributed by atoms with E-state index in [1.165, 1.54) is 17.3 Å². The van der Waals surface area contributed by atoms with E-state index in [0.717, 1.165) is 34.3 Å². The summed E-state index contributed by atoms with van der Waals surface area (Å²) < 4.78 is 2.23. The van der Waals surface area contributed by atoms with Crippen molar-refractivity contribution >= 4 is 28.9 Å². The summed E-state index contributed by atoms with van der Waals surface area (Å²) in [5.41, 5.74) is 2.07. The molecule has 0 aliphatic heterocycles. The minimum Gasteiger partial charge on any atom is -0.298 e. The number of carbonyl (C=O) groups excluding carboxylic acids is 1. The first kappa shape index (κ1) is 19.4. The minimum atomic E-state index is -0.210. The highest BCUT2D eigenvalue weighted by Gasteiger charge is 2.32. The normalized spacial score (nSPS) is 15.6. The van der Waals surface area contributed by atoms with Gasteiger partial charge in [0.2, 0.25) is 0 Å². The average Bonchev–Trinajstić information content (AvgIpc) is 3.18. The summed E-state index contributed by atoms with van der Waals surface area (Å²) in [6.45, 7) is 8.50. The van der Waals surface area contributed by atoms with Gasteiger partial charge in [0, 0.05) is 11.6 Å². The molecule has 6 heteroatoms. The minimum absolute atomic E-state index is 0.0841. The van der Waals surface area contributed by atoms with Gasteiger partial charge in [0.15, 0.2) is 16.8 Å². The Hall–Kier alpha value is -1.92. The second kappa shape index (κ2) is 7.48. The zero-order valence-electron chi connectivity index (χ0n) is 16.7. The van der Waals surface area contributed by atoms with Gasteiger partial charge in [-0.3, -0.25) is 9.36 Å². The smallest absolute Gasteiger partial charge is 0.192 e. The number of nitrogens with zero attached hydrogens (tertiary/aromatic N) is 3. The highest BCUT2D eigenvalue weighted by atomic mass is 32.2. The van der Waals surface area contributed by atoms with Crippen LogP contribution in [0.4, 0.5) is 0 Å². The maximum Gasteiger partial charge on any atom is 0.192 e. The number of thiophene rings is 1. The second-order valence-corrected chi connectivity index (χ2v) is 10.6. The Morgan fingerprint density at radius 2 is 1.89 bits per heavy atom. The van der Waals surface area contributed by atoms with Crippen molar-refractivity contribution in [3.8, 4) is 10.7 Å². The van der Waals surface area contributed by atoms with Gasteiger partial charge in [-0.2, -0.15) is 0 Å². The van der Waals surface area contributed by atoms with Crippen LogP contribution in [0.1, 0.15) is 62.5 Å². The van der Waals surface area contributed by atoms with E-state index < -0.39 is 0 Å². The number of Topliss-reactive ketones (excluding diaryl/α,β-unsaturated/α-hetero) is 1. The fourth-order valence-electron chi connectivity index (χ4n) is 3.17. The third-order valence-electron chi connectivity index (χ3n) is 5.00. The van der Waals surface area contributed by atoms with Gasteiger partial charge < -0.3 is 0 Å². The molecule has 0 amide bonds. The highest BCUT2D eigenvalue weighted by Crippen LogP contribution is 2.42. The Morgan fingerprint density at radius 1 is 1.18 bits per heavy atom. The standard InChI is InChI=1S/C22H25N3OS2/c1-14(19(26)15-7-9-16(10-8-15)22(2,3)4)28-21-24-23-20(18-6-5-13-27-18)25(21)17-11-12-17/h5-10,13-14,17H,11-12H2,1-4H3. The number of benzene rings is 1. The van der Waals surface area contributed by atoms with Gasteiger partial charge in [0.1, 0.15) is 0 Å². The number of aromatic nitrogens is 3. The van der Waals surface area contributed by atoms with Gasteiger partial charge >= 0.3 is 0 Å². The van der Waals surface area contributed by atoms with Crippen LogP contribution in [-0.2, 0) is 5.41 Å². The maximum atomic E-state index is 13.0. The van der Waals surface area contributed by atoms with Crippen molar-refractivity contribution in [3.63, 3.8) is 0 Å². The molecule has 4 nitrogen and oxygen atoms in total. The number of ketones is 1. The number of thioether (sulfide) groups is 1. The van der Waals surface area contributed by atoms with Crippen molar-refractivity contribution in [1.29, 1.82) is 0 Å². The molecule has 1 atom stereocenters. The van der Waals surface area contributed by atoms with E-state index >= 15 is 0 Å². The number of hydrogen-bond donors (Lipinski definition) is 0. The third-order valence-corrected chi connectivity index (χ3v) is 6.93. The quantitative estimate of drug-likeness (QED) is 0.368. The largest absolute Gasteiger partial charge is 0.298 e. The first-order valence-corrected chi connectivity index (χ1v) is 11.4. The molecule has 4 rings (SSSR count). The number of rotatable bonds is 6. The summed E-state index contributed by atoms with van der Waals surface area (Å²) in [5.74, 6) is 1.06. The Kier molecular flexibility index (Phi) is 5.19. The summed E-state index contributed by atoms with van der Waals surface area (Å²) in [4.78, 5) is 14.1. The van der Waals surface area contributed by atoms with Crippen LogP contribution >= 0.6 is 23.1 Å². The fourth-order valence-corrected chi connectivity index (χ4v) is 4.88. The Bertz CT molecular complexity index is 964. The van der Waals surface area contributed by atoms with Crippen LogP contribution in [0.3, 0.4) is 0 Å². The SMILES string of the molecule is CC(Sc1nnc(-c2cccs2)n1C1CC1)C(=O)c1ccc(C(C)(C)C)cc1. The molecular weight excluding hydrogens is 386 g/mol. The van der Waals surface area contributed by atoms with Gasteiger partial charge in [-0.05, 0) is 42.2 Å². The van der Waals surface area contributed by atoms with Crippen LogP contribution in [0, 0.1) is 0 Å². The predicted molar refractivity (Wildman–Crippen MR) is 116 cm³/mol. The highest BCUT2D eigenvalue weighted by molar-refractivity contribution is 8.00. The van der Waals surface area contributed by atoms with Crippen LogP contribution in [-0.4, -0.2) is 25.8 Å². The van der Waals surface area contributed by atoms with E-state index in [4.69, 9.17) is 0 Å². The summed E-state index contributed by atoms with van der Waals surface area (Å²) >= 11 is 3.19. The second-order valence-electron chi connectivity index (χ2n) is 8.34. The number of carbonyl (C=O) groups is 1. The molecule has 0 saturated heterocycles. The van der Waals surface area contributed by atoms with E-state index in [1.54, 1.807) is 11.3 Å². The lowest BCUT2D eigenvalue weighted by atomic mass is 9.86. The van der Waals surface area contributed by atoms with Crippen molar-refractivity contribution in [2.45, 2.75) is 62.4 Å². The molecule has 0 radical (unpaired) electrons. The lowest BCUT2D eigenvalue weighted by Crippen LogP contribution is -2.16. The maximum absolute atomic E-state index is 13.0. The van der Waals surface area contributed by atoms with E-state index in [2.05, 4.69) is 59.1 Å². The molecule has 146 valence electrons. The molecule has 2 aromatic heterocycles. The monoisotopic (exact) mass is 411 g/mol. The Balaban J connectivity index is 1.54. The van der Waals surface area contributed by atoms with Crippen molar-refractivity contribution in [2.75, 3.05) is 0 Å². The van der Waals surface area contributed by atoms with Crippen molar-refractivity contribution in [1.82, 2.24) is 14.8 Å². The zero-order chi connectivity index (χ0) is 19.9. The van der Waals surface area contributed by atoms with Crippen LogP contribution in [0.25, 0.3) is 10.7 Å². The van der Waals surface area contributed by atoms with E-state index in [9.17, 15) is 4.79 Å². The molecule has 1 fully saturated rings. The van der Waals surface area contributed by atoms with Gasteiger partial charge in [0.25, 0.3) is 0 Å². The van der Waals surface area contributed by atoms with Crippen LogP contribution in [0.2, 0.25) is 0 Å². The molecule has 1 saturated carbocycles. The molecule has 3 aromatic rings. The van der Waals surface area contributed by atoms with E-state index in [0.29, 0.717) is 6.04 Å². The first-order chi connectivity index (χ1) is 13.3. The molecule has 2 heterocycles. The van der Waals surface area contributed by atoms with Gasteiger partial charge in [0.05, 0.1) is 10.1 Å². The third kappa shape index (κ3) is 3.94. The van der Waals surface area contributed by atoms with Crippen LogP contribution < -0.4 is 0 Å². The molecule has 1 aliphatic carbocycles. The molecule has 0 bridgehead atoms. The zero-order valence-corrected chi connectivity index (χ0v) is 18.3. The van der Waals surface area contributed by atoms with Crippen molar-refractivity contribution in [2.24, 2.45) is 0 Å². The summed E-state index contributed by atoms with van der Waals surface area (Å²) in [6.07, 6.45) is 2.31. The topological polar surface area (TPSA) is 47.8 Å². The molecule has 1 aromatic carbocycles. The van der Waals surface area contributed by atoms with Gasteiger partial charge in [-0.1, -0.05) is 62.9 Å². The Morgan fingerprint density at radius 3 is 2.46 bits per heavy atom. The summed E-state index contributed by atoms with van der Waals surface area (Å²) in [7, 11) is 0. The molecule has 28 heavy (non-hydrogen) atoms.